The first kappa shape index (κ1) is 15.6. The Hall–Kier alpha value is -0.340. The van der Waals surface area contributed by atoms with E-state index in [1.807, 2.05) is 0 Å². The van der Waals surface area contributed by atoms with E-state index in [1.54, 1.807) is 5.56 Å². The molecule has 116 valence electrons. The van der Waals surface area contributed by atoms with E-state index in [-0.39, 0.29) is 0 Å². The Balaban J connectivity index is 1.74. The topological polar surface area (TPSA) is 12.0 Å². The molecule has 2 aliphatic carbocycles. The van der Waals surface area contributed by atoms with Gasteiger partial charge in [0.2, 0.25) is 0 Å². The average Bonchev–Trinajstić information content (AvgIpc) is 2.81. The molecule has 0 bridgehead atoms. The summed E-state index contributed by atoms with van der Waals surface area (Å²) in [5, 5.41) is 4.04. The Kier molecular flexibility index (Phi) is 4.75. The van der Waals surface area contributed by atoms with Crippen LogP contribution in [0.15, 0.2) is 22.7 Å². The van der Waals surface area contributed by atoms with Gasteiger partial charge >= 0.3 is 0 Å². The molecule has 1 nitrogen and oxygen atoms in total. The van der Waals surface area contributed by atoms with Crippen molar-refractivity contribution >= 4 is 15.9 Å². The van der Waals surface area contributed by atoms with Crippen LogP contribution in [-0.2, 0) is 6.42 Å². The van der Waals surface area contributed by atoms with Crippen LogP contribution in [0.2, 0.25) is 0 Å². The van der Waals surface area contributed by atoms with E-state index in [9.17, 15) is 0 Å². The Morgan fingerprint density at radius 1 is 1.19 bits per heavy atom. The van der Waals surface area contributed by atoms with Gasteiger partial charge in [0.25, 0.3) is 0 Å². The first-order chi connectivity index (χ1) is 10.0. The standard InChI is InChI=1S/C19H28BrN/c1-12(2)16-7-4-13(3)10-19(16)21-18-9-5-14-11-15(20)6-8-17(14)18/h6,8,11-13,16,18-19,21H,4-5,7,9-10H2,1-3H3. The molecule has 0 spiro atoms. The minimum atomic E-state index is 0.574. The molecular formula is C19H28BrN. The van der Waals surface area contributed by atoms with Crippen molar-refractivity contribution in [3.05, 3.63) is 33.8 Å². The highest BCUT2D eigenvalue weighted by Gasteiger charge is 2.33. The lowest BCUT2D eigenvalue weighted by Crippen LogP contribution is -2.44. The van der Waals surface area contributed by atoms with Gasteiger partial charge in [0, 0.05) is 16.6 Å². The molecule has 2 aliphatic rings. The Morgan fingerprint density at radius 3 is 2.76 bits per heavy atom. The van der Waals surface area contributed by atoms with Crippen LogP contribution in [-0.4, -0.2) is 6.04 Å². The van der Waals surface area contributed by atoms with E-state index < -0.39 is 0 Å². The summed E-state index contributed by atoms with van der Waals surface area (Å²) in [7, 11) is 0. The smallest absolute Gasteiger partial charge is 0.0328 e. The Labute approximate surface area is 138 Å². The molecule has 1 saturated carbocycles. The van der Waals surface area contributed by atoms with Crippen molar-refractivity contribution in [3.8, 4) is 0 Å². The molecule has 1 fully saturated rings. The minimum absolute atomic E-state index is 0.574. The number of fused-ring (bicyclic) bond motifs is 1. The summed E-state index contributed by atoms with van der Waals surface area (Å²) < 4.78 is 1.22. The third-order valence-corrected chi connectivity index (χ3v) is 6.11. The van der Waals surface area contributed by atoms with Crippen LogP contribution in [0.25, 0.3) is 0 Å². The van der Waals surface area contributed by atoms with Crippen LogP contribution in [0.3, 0.4) is 0 Å². The van der Waals surface area contributed by atoms with E-state index >= 15 is 0 Å². The van der Waals surface area contributed by atoms with Crippen molar-refractivity contribution in [2.45, 2.75) is 65.0 Å². The highest BCUT2D eigenvalue weighted by molar-refractivity contribution is 9.10. The summed E-state index contributed by atoms with van der Waals surface area (Å²) in [6.45, 7) is 7.22. The van der Waals surface area contributed by atoms with Gasteiger partial charge < -0.3 is 5.32 Å². The zero-order valence-electron chi connectivity index (χ0n) is 13.5. The van der Waals surface area contributed by atoms with Gasteiger partial charge in [-0.05, 0) is 66.7 Å². The number of hydrogen-bond donors (Lipinski definition) is 1. The van der Waals surface area contributed by atoms with Crippen LogP contribution in [0.5, 0.6) is 0 Å². The van der Waals surface area contributed by atoms with Crippen LogP contribution in [0.1, 0.15) is 63.6 Å². The summed E-state index contributed by atoms with van der Waals surface area (Å²) in [4.78, 5) is 0. The molecule has 4 atom stereocenters. The maximum atomic E-state index is 4.04. The monoisotopic (exact) mass is 349 g/mol. The van der Waals surface area contributed by atoms with Gasteiger partial charge in [0.05, 0.1) is 0 Å². The predicted octanol–water partition coefficient (Wildman–Crippen LogP) is 5.49. The summed E-state index contributed by atoms with van der Waals surface area (Å²) >= 11 is 3.60. The lowest BCUT2D eigenvalue weighted by molar-refractivity contribution is 0.159. The predicted molar refractivity (Wildman–Crippen MR) is 93.5 cm³/mol. The van der Waals surface area contributed by atoms with Gasteiger partial charge in [0.1, 0.15) is 0 Å². The van der Waals surface area contributed by atoms with Crippen molar-refractivity contribution in [2.75, 3.05) is 0 Å². The molecule has 2 heteroatoms. The lowest BCUT2D eigenvalue weighted by Gasteiger charge is -2.39. The Morgan fingerprint density at radius 2 is 2.00 bits per heavy atom. The highest BCUT2D eigenvalue weighted by Crippen LogP contribution is 2.38. The van der Waals surface area contributed by atoms with Crippen molar-refractivity contribution in [1.29, 1.82) is 0 Å². The molecule has 0 saturated heterocycles. The molecule has 0 aromatic heterocycles. The van der Waals surface area contributed by atoms with E-state index in [4.69, 9.17) is 0 Å². The zero-order valence-corrected chi connectivity index (χ0v) is 15.1. The fourth-order valence-corrected chi connectivity index (χ4v) is 4.82. The van der Waals surface area contributed by atoms with Crippen LogP contribution >= 0.6 is 15.9 Å². The number of aryl methyl sites for hydroxylation is 1. The van der Waals surface area contributed by atoms with E-state index in [0.717, 1.165) is 17.8 Å². The van der Waals surface area contributed by atoms with Crippen molar-refractivity contribution in [1.82, 2.24) is 5.32 Å². The van der Waals surface area contributed by atoms with Crippen molar-refractivity contribution in [2.24, 2.45) is 17.8 Å². The van der Waals surface area contributed by atoms with E-state index in [1.165, 1.54) is 42.1 Å². The molecule has 0 aliphatic heterocycles. The Bertz CT molecular complexity index is 496. The molecule has 4 unspecified atom stereocenters. The van der Waals surface area contributed by atoms with Crippen molar-refractivity contribution in [3.63, 3.8) is 0 Å². The maximum absolute atomic E-state index is 4.04. The minimum Gasteiger partial charge on any atom is -0.307 e. The van der Waals surface area contributed by atoms with Gasteiger partial charge in [-0.15, -0.1) is 0 Å². The molecule has 1 aromatic rings. The second-order valence-electron chi connectivity index (χ2n) is 7.53. The molecule has 0 amide bonds. The summed E-state index contributed by atoms with van der Waals surface area (Å²) in [5.74, 6) is 2.52. The van der Waals surface area contributed by atoms with Crippen LogP contribution < -0.4 is 5.32 Å². The summed E-state index contributed by atoms with van der Waals surface area (Å²) in [6, 6.07) is 8.10. The maximum Gasteiger partial charge on any atom is 0.0328 e. The molecule has 3 rings (SSSR count). The average molecular weight is 350 g/mol. The number of benzene rings is 1. The molecule has 1 N–H and O–H groups in total. The molecule has 21 heavy (non-hydrogen) atoms. The quantitative estimate of drug-likeness (QED) is 0.760. The molecular weight excluding hydrogens is 322 g/mol. The summed E-state index contributed by atoms with van der Waals surface area (Å²) in [5.41, 5.74) is 3.07. The van der Waals surface area contributed by atoms with E-state index in [0.29, 0.717) is 12.1 Å². The normalized spacial score (nSPS) is 32.4. The third kappa shape index (κ3) is 3.37. The van der Waals surface area contributed by atoms with E-state index in [2.05, 4.69) is 60.2 Å². The second kappa shape index (κ2) is 6.42. The molecule has 1 aromatic carbocycles. The van der Waals surface area contributed by atoms with Crippen LogP contribution in [0, 0.1) is 17.8 Å². The zero-order chi connectivity index (χ0) is 15.0. The van der Waals surface area contributed by atoms with Gasteiger partial charge in [0.15, 0.2) is 0 Å². The molecule has 0 radical (unpaired) electrons. The molecule has 0 heterocycles. The third-order valence-electron chi connectivity index (χ3n) is 5.62. The summed E-state index contributed by atoms with van der Waals surface area (Å²) in [6.07, 6.45) is 6.65. The number of rotatable bonds is 3. The second-order valence-corrected chi connectivity index (χ2v) is 8.45. The van der Waals surface area contributed by atoms with Crippen LogP contribution in [0.4, 0.5) is 0 Å². The van der Waals surface area contributed by atoms with Gasteiger partial charge in [-0.25, -0.2) is 0 Å². The first-order valence-electron chi connectivity index (χ1n) is 8.59. The van der Waals surface area contributed by atoms with Crippen molar-refractivity contribution < 1.29 is 0 Å². The SMILES string of the molecule is CC1CCC(C(C)C)C(NC2CCc3cc(Br)ccc32)C1. The fourth-order valence-electron chi connectivity index (χ4n) is 4.41. The van der Waals surface area contributed by atoms with Gasteiger partial charge in [-0.1, -0.05) is 49.2 Å². The number of nitrogens with one attached hydrogen (secondary N) is 1. The lowest BCUT2D eigenvalue weighted by atomic mass is 9.73. The number of halogens is 1. The van der Waals surface area contributed by atoms with Gasteiger partial charge in [-0.2, -0.15) is 0 Å². The highest BCUT2D eigenvalue weighted by atomic mass is 79.9. The first-order valence-corrected chi connectivity index (χ1v) is 9.38. The largest absolute Gasteiger partial charge is 0.307 e. The fraction of sp³-hybridized carbons (Fsp3) is 0.684. The van der Waals surface area contributed by atoms with Gasteiger partial charge in [-0.3, -0.25) is 0 Å². The number of hydrogen-bond acceptors (Lipinski definition) is 1.